The van der Waals surface area contributed by atoms with Crippen LogP contribution < -0.4 is 4.90 Å². The third-order valence-electron chi connectivity index (χ3n) is 4.73. The fourth-order valence-electron chi connectivity index (χ4n) is 3.51. The van der Waals surface area contributed by atoms with Gasteiger partial charge in [-0.3, -0.25) is 10.2 Å². The maximum absolute atomic E-state index is 13.7. The van der Waals surface area contributed by atoms with E-state index in [9.17, 15) is 13.6 Å². The number of hydrogen-bond acceptors (Lipinski definition) is 3. The van der Waals surface area contributed by atoms with Gasteiger partial charge in [0.15, 0.2) is 5.78 Å². The van der Waals surface area contributed by atoms with Crippen molar-refractivity contribution >= 4 is 28.3 Å². The number of benzene rings is 2. The summed E-state index contributed by atoms with van der Waals surface area (Å²) in [4.78, 5) is 21.9. The van der Waals surface area contributed by atoms with E-state index >= 15 is 0 Å². The molecule has 2 N–H and O–H groups in total. The van der Waals surface area contributed by atoms with E-state index in [4.69, 9.17) is 5.41 Å². The van der Waals surface area contributed by atoms with Gasteiger partial charge in [-0.05, 0) is 38.1 Å². The number of nitrogens with zero attached hydrogens (tertiary/aromatic N) is 2. The summed E-state index contributed by atoms with van der Waals surface area (Å²) in [6.07, 6.45) is 0. The molecule has 1 saturated heterocycles. The van der Waals surface area contributed by atoms with E-state index in [-0.39, 0.29) is 17.3 Å². The molecule has 2 aromatic carbocycles. The molecular formula is C19H16F2N4O. The quantitative estimate of drug-likeness (QED) is 0.736. The lowest BCUT2D eigenvalue weighted by molar-refractivity contribution is -0.121. The number of ketones is 1. The number of halogens is 2. The van der Waals surface area contributed by atoms with Crippen LogP contribution in [0.5, 0.6) is 0 Å². The number of imidazole rings is 1. The minimum atomic E-state index is -1.14. The lowest BCUT2D eigenvalue weighted by atomic mass is 9.93. The average molecular weight is 354 g/mol. The number of fused-ring (bicyclic) bond motifs is 1. The number of aromatic amines is 1. The topological polar surface area (TPSA) is 72.8 Å². The van der Waals surface area contributed by atoms with Gasteiger partial charge in [-0.25, -0.2) is 13.8 Å². The summed E-state index contributed by atoms with van der Waals surface area (Å²) < 4.78 is 27.4. The Labute approximate surface area is 148 Å². The van der Waals surface area contributed by atoms with Crippen LogP contribution in [0.15, 0.2) is 42.5 Å². The molecule has 26 heavy (non-hydrogen) atoms. The SMILES string of the molecule is CC1(C)C(=O)C(c2nc3ccccc3[nH]2)C(=N)N1c1cc(F)cc(F)c1. The second-order valence-corrected chi connectivity index (χ2v) is 6.84. The highest BCUT2D eigenvalue weighted by molar-refractivity contribution is 6.25. The summed E-state index contributed by atoms with van der Waals surface area (Å²) in [7, 11) is 0. The monoisotopic (exact) mass is 354 g/mol. The third-order valence-corrected chi connectivity index (χ3v) is 4.73. The Bertz CT molecular complexity index is 1000. The Morgan fingerprint density at radius 1 is 1.15 bits per heavy atom. The first-order valence-electron chi connectivity index (χ1n) is 8.13. The second kappa shape index (κ2) is 5.45. The highest BCUT2D eigenvalue weighted by atomic mass is 19.1. The van der Waals surface area contributed by atoms with Crippen LogP contribution in [-0.2, 0) is 4.79 Å². The van der Waals surface area contributed by atoms with Crippen LogP contribution in [-0.4, -0.2) is 27.1 Å². The molecule has 4 rings (SSSR count). The molecule has 0 saturated carbocycles. The molecule has 3 aromatic rings. The summed E-state index contributed by atoms with van der Waals surface area (Å²) in [6.45, 7) is 3.27. The summed E-state index contributed by atoms with van der Waals surface area (Å²) in [5, 5.41) is 8.54. The number of rotatable bonds is 2. The van der Waals surface area contributed by atoms with Gasteiger partial charge in [-0.15, -0.1) is 0 Å². The molecule has 132 valence electrons. The van der Waals surface area contributed by atoms with Crippen LogP contribution >= 0.6 is 0 Å². The lowest BCUT2D eigenvalue weighted by Crippen LogP contribution is -2.44. The van der Waals surface area contributed by atoms with Crippen molar-refractivity contribution in [1.82, 2.24) is 9.97 Å². The van der Waals surface area contributed by atoms with E-state index in [0.717, 1.165) is 23.7 Å². The van der Waals surface area contributed by atoms with Crippen molar-refractivity contribution in [2.45, 2.75) is 25.3 Å². The molecule has 0 spiro atoms. The number of para-hydroxylation sites is 2. The Hall–Kier alpha value is -3.09. The van der Waals surface area contributed by atoms with E-state index in [1.807, 2.05) is 24.3 Å². The molecule has 2 heterocycles. The Balaban J connectivity index is 1.83. The highest BCUT2D eigenvalue weighted by Gasteiger charge is 2.53. The highest BCUT2D eigenvalue weighted by Crippen LogP contribution is 2.40. The zero-order valence-corrected chi connectivity index (χ0v) is 14.2. The van der Waals surface area contributed by atoms with Crippen molar-refractivity contribution in [1.29, 1.82) is 5.41 Å². The molecular weight excluding hydrogens is 338 g/mol. The molecule has 0 bridgehead atoms. The summed E-state index contributed by atoms with van der Waals surface area (Å²) in [6, 6.07) is 10.3. The van der Waals surface area contributed by atoms with E-state index in [0.29, 0.717) is 11.3 Å². The van der Waals surface area contributed by atoms with Crippen molar-refractivity contribution in [2.24, 2.45) is 0 Å². The first-order valence-corrected chi connectivity index (χ1v) is 8.13. The number of hydrogen-bond donors (Lipinski definition) is 2. The minimum absolute atomic E-state index is 0.0657. The van der Waals surface area contributed by atoms with Gasteiger partial charge in [-0.1, -0.05) is 12.1 Å². The van der Waals surface area contributed by atoms with E-state index < -0.39 is 23.1 Å². The predicted octanol–water partition coefficient (Wildman–Crippen LogP) is 3.77. The van der Waals surface area contributed by atoms with Gasteiger partial charge in [0.05, 0.1) is 11.0 Å². The molecule has 1 aliphatic heterocycles. The number of Topliss-reactive ketones (excluding diaryl/α,β-unsaturated/α-hetero) is 1. The van der Waals surface area contributed by atoms with Gasteiger partial charge in [0.1, 0.15) is 34.8 Å². The normalized spacial score (nSPS) is 19.5. The van der Waals surface area contributed by atoms with Crippen LogP contribution in [0.4, 0.5) is 14.5 Å². The van der Waals surface area contributed by atoms with Gasteiger partial charge in [0.25, 0.3) is 0 Å². The Morgan fingerprint density at radius 2 is 1.81 bits per heavy atom. The van der Waals surface area contributed by atoms with Crippen molar-refractivity contribution in [3.05, 3.63) is 59.9 Å². The Morgan fingerprint density at radius 3 is 2.46 bits per heavy atom. The molecule has 1 aromatic heterocycles. The van der Waals surface area contributed by atoms with Gasteiger partial charge >= 0.3 is 0 Å². The smallest absolute Gasteiger partial charge is 0.176 e. The van der Waals surface area contributed by atoms with E-state index in [2.05, 4.69) is 9.97 Å². The fourth-order valence-corrected chi connectivity index (χ4v) is 3.51. The summed E-state index contributed by atoms with van der Waals surface area (Å²) in [5.41, 5.74) is 0.442. The van der Waals surface area contributed by atoms with Crippen LogP contribution in [0, 0.1) is 17.0 Å². The van der Waals surface area contributed by atoms with Crippen molar-refractivity contribution in [3.8, 4) is 0 Å². The molecule has 0 amide bonds. The van der Waals surface area contributed by atoms with Gasteiger partial charge in [0, 0.05) is 11.8 Å². The third kappa shape index (κ3) is 2.31. The summed E-state index contributed by atoms with van der Waals surface area (Å²) >= 11 is 0. The average Bonchev–Trinajstić information content (AvgIpc) is 3.03. The Kier molecular flexibility index (Phi) is 3.44. The predicted molar refractivity (Wildman–Crippen MR) is 94.5 cm³/mol. The number of H-pyrrole nitrogens is 1. The van der Waals surface area contributed by atoms with Crippen LogP contribution in [0.3, 0.4) is 0 Å². The first-order chi connectivity index (χ1) is 12.3. The molecule has 7 heteroatoms. The lowest BCUT2D eigenvalue weighted by Gasteiger charge is -2.31. The minimum Gasteiger partial charge on any atom is -0.341 e. The molecule has 0 aliphatic carbocycles. The number of nitrogens with one attached hydrogen (secondary N) is 2. The number of aromatic nitrogens is 2. The molecule has 1 fully saturated rings. The fraction of sp³-hybridized carbons (Fsp3) is 0.211. The number of anilines is 1. The molecule has 5 nitrogen and oxygen atoms in total. The zero-order chi connectivity index (χ0) is 18.6. The maximum Gasteiger partial charge on any atom is 0.176 e. The standard InChI is InChI=1S/C19H16F2N4O/c1-19(2)16(26)15(18-23-13-5-3-4-6-14(13)24-18)17(22)25(19)12-8-10(20)7-11(21)9-12/h3-9,15,22H,1-2H3,(H,23,24). The van der Waals surface area contributed by atoms with E-state index in [1.54, 1.807) is 13.8 Å². The number of carbonyl (C=O) groups excluding carboxylic acids is 1. The number of amidine groups is 1. The van der Waals surface area contributed by atoms with Crippen LogP contribution in [0.2, 0.25) is 0 Å². The maximum atomic E-state index is 13.7. The van der Waals surface area contributed by atoms with Gasteiger partial charge < -0.3 is 9.88 Å². The first kappa shape index (κ1) is 16.4. The summed E-state index contributed by atoms with van der Waals surface area (Å²) in [5.74, 6) is -2.42. The molecule has 1 atom stereocenters. The second-order valence-electron chi connectivity index (χ2n) is 6.84. The van der Waals surface area contributed by atoms with Gasteiger partial charge in [-0.2, -0.15) is 0 Å². The van der Waals surface area contributed by atoms with Crippen molar-refractivity contribution in [3.63, 3.8) is 0 Å². The van der Waals surface area contributed by atoms with Crippen molar-refractivity contribution in [2.75, 3.05) is 4.90 Å². The van der Waals surface area contributed by atoms with Crippen LogP contribution in [0.25, 0.3) is 11.0 Å². The van der Waals surface area contributed by atoms with Crippen LogP contribution in [0.1, 0.15) is 25.6 Å². The van der Waals surface area contributed by atoms with E-state index in [1.165, 1.54) is 4.90 Å². The molecule has 1 aliphatic rings. The molecule has 0 radical (unpaired) electrons. The van der Waals surface area contributed by atoms with Gasteiger partial charge in [0.2, 0.25) is 0 Å². The largest absolute Gasteiger partial charge is 0.341 e. The molecule has 1 unspecified atom stereocenters. The zero-order valence-electron chi connectivity index (χ0n) is 14.2. The number of carbonyl (C=O) groups is 1. The van der Waals surface area contributed by atoms with Crippen molar-refractivity contribution < 1.29 is 13.6 Å².